The average molecular weight is 1220 g/mol. The summed E-state index contributed by atoms with van der Waals surface area (Å²) >= 11 is 0. The molecule has 0 saturated heterocycles. The molecule has 0 atom stereocenters. The molecule has 18 nitrogen and oxygen atoms in total. The molecule has 3 aliphatic carbocycles. The van der Waals surface area contributed by atoms with Crippen LogP contribution < -0.4 is 34.3 Å². The van der Waals surface area contributed by atoms with Crippen LogP contribution in [-0.4, -0.2) is 58.7 Å². The highest BCUT2D eigenvalue weighted by Crippen LogP contribution is 2.44. The van der Waals surface area contributed by atoms with E-state index in [9.17, 15) is 14.4 Å². The van der Waals surface area contributed by atoms with Crippen LogP contribution in [0.4, 0.5) is 0 Å². The van der Waals surface area contributed by atoms with Crippen LogP contribution >= 0.6 is 0 Å². The third-order valence-electron chi connectivity index (χ3n) is 19.3. The molecule has 93 heavy (non-hydrogen) atoms. The number of hydrogen-bond donors (Lipinski definition) is 6. The van der Waals surface area contributed by atoms with Crippen LogP contribution in [0.25, 0.3) is 117 Å². The fourth-order valence-corrected chi connectivity index (χ4v) is 13.4. The summed E-state index contributed by atoms with van der Waals surface area (Å²) in [4.78, 5) is 51.1. The number of nitrogens with zero attached hydrogens (tertiary/aromatic N) is 9. The molecule has 0 unspecified atom stereocenters. The number of aromatic nitrogens is 12. The van der Waals surface area contributed by atoms with Gasteiger partial charge in [0.25, 0.3) is 0 Å². The maximum atomic E-state index is 12.0. The van der Waals surface area contributed by atoms with E-state index < -0.39 is 0 Å². The number of hydrogen-bond acceptors (Lipinski definition) is 12. The molecule has 18 rings (SSSR count). The van der Waals surface area contributed by atoms with Gasteiger partial charge in [-0.05, 0) is 128 Å². The van der Waals surface area contributed by atoms with Crippen LogP contribution in [0.2, 0.25) is 0 Å². The highest BCUT2D eigenvalue weighted by molar-refractivity contribution is 6.01. The smallest absolute Gasteiger partial charge is 0.321 e. The second-order valence-corrected chi connectivity index (χ2v) is 24.9. The van der Waals surface area contributed by atoms with E-state index in [1.54, 1.807) is 18.6 Å². The number of rotatable bonds is 9. The van der Waals surface area contributed by atoms with Gasteiger partial charge in [0, 0.05) is 84.7 Å². The van der Waals surface area contributed by atoms with Gasteiger partial charge in [-0.1, -0.05) is 164 Å². The van der Waals surface area contributed by atoms with Gasteiger partial charge in [-0.2, -0.15) is 15.3 Å². The molecule has 9 aromatic heterocycles. The molecule has 0 amide bonds. The van der Waals surface area contributed by atoms with E-state index in [2.05, 4.69) is 158 Å². The first-order valence-electron chi connectivity index (χ1n) is 31.4. The Labute approximate surface area is 531 Å². The standard InChI is InChI=1S/3C25H21N5O/c3*26-25(12-4-13-25)18-9-7-17(8-10-18)22-19(16-5-2-1-3-6-16)15-20-21(27-22)11-14-30-23(20)28-29-24(30)31/h3*1-3,5-11,14-15H,4,12-13,26H2,(H,29,31). The Morgan fingerprint density at radius 2 is 0.581 bits per heavy atom. The molecule has 6 aromatic carbocycles. The van der Waals surface area contributed by atoms with Gasteiger partial charge < -0.3 is 17.2 Å². The summed E-state index contributed by atoms with van der Waals surface area (Å²) in [7, 11) is 0. The monoisotopic (exact) mass is 1220 g/mol. The summed E-state index contributed by atoms with van der Waals surface area (Å²) < 4.78 is 4.52. The van der Waals surface area contributed by atoms with Gasteiger partial charge in [0.05, 0.1) is 33.6 Å². The number of nitrogens with one attached hydrogen (secondary N) is 3. The lowest BCUT2D eigenvalue weighted by Gasteiger charge is -2.38. The zero-order chi connectivity index (χ0) is 63.0. The molecule has 18 heteroatoms. The van der Waals surface area contributed by atoms with Crippen molar-refractivity contribution in [3.8, 4) is 67.2 Å². The van der Waals surface area contributed by atoms with E-state index in [0.29, 0.717) is 16.9 Å². The molecule has 3 saturated carbocycles. The van der Waals surface area contributed by atoms with Crippen LogP contribution in [0.15, 0.2) is 233 Å². The zero-order valence-corrected chi connectivity index (χ0v) is 50.6. The molecule has 15 aromatic rings. The predicted molar refractivity (Wildman–Crippen MR) is 365 cm³/mol. The second kappa shape index (κ2) is 22.6. The van der Waals surface area contributed by atoms with Crippen LogP contribution in [0.5, 0.6) is 0 Å². The van der Waals surface area contributed by atoms with Gasteiger partial charge in [0.1, 0.15) is 0 Å². The molecule has 0 bridgehead atoms. The van der Waals surface area contributed by atoms with Crippen molar-refractivity contribution >= 4 is 49.7 Å². The second-order valence-electron chi connectivity index (χ2n) is 24.9. The fourth-order valence-electron chi connectivity index (χ4n) is 13.4. The SMILES string of the molecule is NC1(c2ccc(-c3nc4ccn5c(=O)[nH]nc5c4cc3-c3ccccc3)cc2)CCC1.NC1(c2ccc(-c3nc4ccn5c(=O)[nH]nc5c4cc3-c3ccccc3)cc2)CCC1.NC1(c2ccc(-c3nc4ccn5c(=O)[nH]nc5c4cc3-c3ccccc3)cc2)CCC1. The minimum absolute atomic E-state index is 0.184. The van der Waals surface area contributed by atoms with Crippen molar-refractivity contribution in [3.63, 3.8) is 0 Å². The molecule has 456 valence electrons. The fraction of sp³-hybridized carbons (Fsp3) is 0.160. The Kier molecular flexibility index (Phi) is 13.8. The van der Waals surface area contributed by atoms with E-state index in [4.69, 9.17) is 32.2 Å². The normalized spacial score (nSPS) is 15.3. The molecule has 0 radical (unpaired) electrons. The quantitative estimate of drug-likeness (QED) is 0.0788. The Morgan fingerprint density at radius 3 is 0.817 bits per heavy atom. The Morgan fingerprint density at radius 1 is 0.323 bits per heavy atom. The number of aromatic amines is 3. The molecular formula is C75H63N15O3. The van der Waals surface area contributed by atoms with Gasteiger partial charge in [0.15, 0.2) is 16.9 Å². The van der Waals surface area contributed by atoms with Crippen molar-refractivity contribution in [3.05, 3.63) is 267 Å². The van der Waals surface area contributed by atoms with Crippen LogP contribution in [0.3, 0.4) is 0 Å². The van der Waals surface area contributed by atoms with Crippen molar-refractivity contribution in [2.75, 3.05) is 0 Å². The number of H-pyrrole nitrogens is 3. The van der Waals surface area contributed by atoms with E-state index in [1.165, 1.54) is 49.2 Å². The average Bonchev–Trinajstić information content (AvgIpc) is 1.77. The summed E-state index contributed by atoms with van der Waals surface area (Å²) in [6.45, 7) is 0. The van der Waals surface area contributed by atoms with Crippen molar-refractivity contribution in [2.45, 2.75) is 74.4 Å². The van der Waals surface area contributed by atoms with Gasteiger partial charge >= 0.3 is 17.1 Å². The number of nitrogens with two attached hydrogens (primary N) is 3. The summed E-state index contributed by atoms with van der Waals surface area (Å²) in [6.07, 6.45) is 14.9. The minimum Gasteiger partial charge on any atom is -0.321 e. The molecule has 3 aliphatic rings. The first-order valence-corrected chi connectivity index (χ1v) is 31.4. The molecular weight excluding hydrogens is 1160 g/mol. The Balaban J connectivity index is 0.000000111. The highest BCUT2D eigenvalue weighted by Gasteiger charge is 2.36. The number of pyridine rings is 6. The minimum atomic E-state index is -0.260. The molecule has 9 N–H and O–H groups in total. The largest absolute Gasteiger partial charge is 0.347 e. The lowest BCUT2D eigenvalue weighted by atomic mass is 9.72. The zero-order valence-electron chi connectivity index (χ0n) is 50.6. The number of benzene rings is 6. The summed E-state index contributed by atoms with van der Waals surface area (Å²) in [6, 6.07) is 67.8. The van der Waals surface area contributed by atoms with Crippen molar-refractivity contribution < 1.29 is 0 Å². The maximum absolute atomic E-state index is 12.0. The summed E-state index contributed by atoms with van der Waals surface area (Å²) in [5.74, 6) is 0. The first-order chi connectivity index (χ1) is 45.4. The van der Waals surface area contributed by atoms with E-state index in [0.717, 1.165) is 138 Å². The van der Waals surface area contributed by atoms with Crippen molar-refractivity contribution in [2.24, 2.45) is 17.2 Å². The Bertz CT molecular complexity index is 4980. The van der Waals surface area contributed by atoms with E-state index >= 15 is 0 Å². The predicted octanol–water partition coefficient (Wildman–Crippen LogP) is 12.7. The summed E-state index contributed by atoms with van der Waals surface area (Å²) in [5, 5.41) is 22.7. The van der Waals surface area contributed by atoms with Crippen molar-refractivity contribution in [1.82, 2.24) is 58.7 Å². The first kappa shape index (κ1) is 56.9. The van der Waals surface area contributed by atoms with Gasteiger partial charge in [-0.15, -0.1) is 0 Å². The molecule has 0 spiro atoms. The highest BCUT2D eigenvalue weighted by atomic mass is 16.2. The van der Waals surface area contributed by atoms with Gasteiger partial charge in [0.2, 0.25) is 0 Å². The topological polar surface area (TPSA) is 267 Å². The van der Waals surface area contributed by atoms with Crippen molar-refractivity contribution in [1.29, 1.82) is 0 Å². The van der Waals surface area contributed by atoms with E-state index in [1.807, 2.05) is 72.8 Å². The third-order valence-corrected chi connectivity index (χ3v) is 19.3. The molecule has 0 aliphatic heterocycles. The molecule has 9 heterocycles. The maximum Gasteiger partial charge on any atom is 0.347 e. The molecule has 3 fully saturated rings. The number of fused-ring (bicyclic) bond motifs is 9. The Hall–Kier alpha value is -11.3. The van der Waals surface area contributed by atoms with Crippen LogP contribution in [-0.2, 0) is 16.6 Å². The van der Waals surface area contributed by atoms with Gasteiger partial charge in [-0.25, -0.2) is 57.8 Å². The third kappa shape index (κ3) is 10.1. The lowest BCUT2D eigenvalue weighted by molar-refractivity contribution is 0.253. The lowest BCUT2D eigenvalue weighted by Crippen LogP contribution is -2.43. The van der Waals surface area contributed by atoms with E-state index in [-0.39, 0.29) is 33.7 Å². The summed E-state index contributed by atoms with van der Waals surface area (Å²) in [5.41, 5.74) is 37.8. The van der Waals surface area contributed by atoms with Gasteiger partial charge in [-0.3, -0.25) is 0 Å². The van der Waals surface area contributed by atoms with Crippen LogP contribution in [0.1, 0.15) is 74.5 Å². The van der Waals surface area contributed by atoms with Crippen LogP contribution in [0, 0.1) is 0 Å².